The first-order valence-corrected chi connectivity index (χ1v) is 5.57. The monoisotopic (exact) mass is 207 g/mol. The van der Waals surface area contributed by atoms with Crippen molar-refractivity contribution in [2.45, 2.75) is 39.7 Å². The Hall–Kier alpha value is -1.02. The summed E-state index contributed by atoms with van der Waals surface area (Å²) in [5, 5.41) is 3.49. The van der Waals surface area contributed by atoms with Gasteiger partial charge in [-0.2, -0.15) is 0 Å². The summed E-state index contributed by atoms with van der Waals surface area (Å²) in [7, 11) is 0. The van der Waals surface area contributed by atoms with Crippen molar-refractivity contribution in [2.75, 3.05) is 6.54 Å². The first-order valence-electron chi connectivity index (χ1n) is 5.57. The summed E-state index contributed by atoms with van der Waals surface area (Å²) in [6.07, 6.45) is 3.82. The minimum Gasteiger partial charge on any atom is -0.467 e. The summed E-state index contributed by atoms with van der Waals surface area (Å²) in [6, 6.07) is 2.28. The Morgan fingerprint density at radius 2 is 2.33 bits per heavy atom. The van der Waals surface area contributed by atoms with Crippen molar-refractivity contribution in [1.29, 1.82) is 0 Å². The second kappa shape index (κ2) is 5.76. The van der Waals surface area contributed by atoms with Gasteiger partial charge in [0.1, 0.15) is 5.76 Å². The lowest BCUT2D eigenvalue weighted by molar-refractivity contribution is 0.407. The molecule has 0 aliphatic carbocycles. The third-order valence-electron chi connectivity index (χ3n) is 2.41. The molecular weight excluding hydrogens is 186 g/mol. The third kappa shape index (κ3) is 3.56. The molecule has 1 unspecified atom stereocenters. The Morgan fingerprint density at radius 3 is 2.80 bits per heavy atom. The van der Waals surface area contributed by atoms with Crippen molar-refractivity contribution in [2.24, 2.45) is 0 Å². The third-order valence-corrected chi connectivity index (χ3v) is 2.41. The summed E-state index contributed by atoms with van der Waals surface area (Å²) >= 11 is 0. The van der Waals surface area contributed by atoms with E-state index in [2.05, 4.69) is 32.7 Å². The van der Waals surface area contributed by atoms with E-state index in [1.165, 1.54) is 11.1 Å². The molecule has 84 valence electrons. The number of nitrogens with one attached hydrogen (secondary N) is 1. The van der Waals surface area contributed by atoms with Crippen LogP contribution in [0, 0.1) is 6.92 Å². The van der Waals surface area contributed by atoms with Gasteiger partial charge in [-0.3, -0.25) is 0 Å². The molecule has 2 nitrogen and oxygen atoms in total. The van der Waals surface area contributed by atoms with Gasteiger partial charge in [-0.15, -0.1) is 6.58 Å². The van der Waals surface area contributed by atoms with E-state index in [1.807, 2.05) is 6.07 Å². The summed E-state index contributed by atoms with van der Waals surface area (Å²) in [5.41, 5.74) is 2.39. The van der Waals surface area contributed by atoms with Crippen molar-refractivity contribution >= 4 is 0 Å². The van der Waals surface area contributed by atoms with Gasteiger partial charge < -0.3 is 9.73 Å². The van der Waals surface area contributed by atoms with E-state index in [0.29, 0.717) is 0 Å². The topological polar surface area (TPSA) is 25.2 Å². The lowest BCUT2D eigenvalue weighted by Gasteiger charge is -2.17. The summed E-state index contributed by atoms with van der Waals surface area (Å²) in [4.78, 5) is 0. The molecule has 1 rings (SSSR count). The van der Waals surface area contributed by atoms with E-state index in [1.54, 1.807) is 6.26 Å². The normalized spacial score (nSPS) is 12.7. The lowest BCUT2D eigenvalue weighted by Crippen LogP contribution is -2.22. The van der Waals surface area contributed by atoms with Gasteiger partial charge in [-0.05, 0) is 44.9 Å². The molecule has 0 aliphatic rings. The Balaban J connectivity index is 2.71. The second-order valence-corrected chi connectivity index (χ2v) is 4.14. The molecule has 0 aromatic carbocycles. The van der Waals surface area contributed by atoms with E-state index >= 15 is 0 Å². The molecule has 15 heavy (non-hydrogen) atoms. The van der Waals surface area contributed by atoms with Crippen LogP contribution in [0.15, 0.2) is 28.9 Å². The van der Waals surface area contributed by atoms with Gasteiger partial charge in [0, 0.05) is 0 Å². The Kier molecular flexibility index (Phi) is 4.63. The molecule has 1 atom stereocenters. The maximum atomic E-state index is 5.52. The average molecular weight is 207 g/mol. The molecule has 0 fully saturated rings. The minimum absolute atomic E-state index is 0.275. The highest BCUT2D eigenvalue weighted by Gasteiger charge is 2.15. The maximum Gasteiger partial charge on any atom is 0.123 e. The van der Waals surface area contributed by atoms with Crippen LogP contribution in [0.1, 0.15) is 44.1 Å². The standard InChI is InChI=1S/C13H21NO/c1-5-7-14-12(9-10(2)3)13-11(4)6-8-15-13/h6,8,12,14H,2,5,7,9H2,1,3-4H3. The van der Waals surface area contributed by atoms with Crippen molar-refractivity contribution < 1.29 is 4.42 Å². The molecule has 0 radical (unpaired) electrons. The van der Waals surface area contributed by atoms with Gasteiger partial charge in [0.25, 0.3) is 0 Å². The van der Waals surface area contributed by atoms with Gasteiger partial charge in [0.05, 0.1) is 12.3 Å². The Labute approximate surface area is 92.4 Å². The van der Waals surface area contributed by atoms with Crippen LogP contribution < -0.4 is 5.32 Å². The van der Waals surface area contributed by atoms with E-state index in [4.69, 9.17) is 4.42 Å². The fourth-order valence-electron chi connectivity index (χ4n) is 1.67. The zero-order chi connectivity index (χ0) is 11.3. The number of rotatable bonds is 6. The molecule has 1 N–H and O–H groups in total. The zero-order valence-electron chi connectivity index (χ0n) is 9.97. The number of hydrogen-bond acceptors (Lipinski definition) is 2. The first kappa shape index (κ1) is 12.1. The van der Waals surface area contributed by atoms with E-state index in [-0.39, 0.29) is 6.04 Å². The fraction of sp³-hybridized carbons (Fsp3) is 0.538. The van der Waals surface area contributed by atoms with Gasteiger partial charge in [-0.1, -0.05) is 12.5 Å². The van der Waals surface area contributed by atoms with Crippen LogP contribution in [0.2, 0.25) is 0 Å². The average Bonchev–Trinajstić information content (AvgIpc) is 2.58. The van der Waals surface area contributed by atoms with Gasteiger partial charge >= 0.3 is 0 Å². The Morgan fingerprint density at radius 1 is 1.60 bits per heavy atom. The minimum atomic E-state index is 0.275. The van der Waals surface area contributed by atoms with Crippen molar-refractivity contribution in [3.8, 4) is 0 Å². The molecule has 0 saturated heterocycles. The van der Waals surface area contributed by atoms with Crippen molar-refractivity contribution in [1.82, 2.24) is 5.32 Å². The number of aryl methyl sites for hydroxylation is 1. The van der Waals surface area contributed by atoms with Gasteiger partial charge in [-0.25, -0.2) is 0 Å². The maximum absolute atomic E-state index is 5.52. The van der Waals surface area contributed by atoms with Crippen LogP contribution in [-0.4, -0.2) is 6.54 Å². The largest absolute Gasteiger partial charge is 0.467 e. The van der Waals surface area contributed by atoms with E-state index in [9.17, 15) is 0 Å². The molecule has 0 saturated carbocycles. The van der Waals surface area contributed by atoms with Crippen LogP contribution in [-0.2, 0) is 0 Å². The van der Waals surface area contributed by atoms with Crippen LogP contribution >= 0.6 is 0 Å². The van der Waals surface area contributed by atoms with Crippen LogP contribution in [0.4, 0.5) is 0 Å². The van der Waals surface area contributed by atoms with Crippen molar-refractivity contribution in [3.63, 3.8) is 0 Å². The highest BCUT2D eigenvalue weighted by molar-refractivity contribution is 5.19. The number of hydrogen-bond donors (Lipinski definition) is 1. The van der Waals surface area contributed by atoms with Gasteiger partial charge in [0.2, 0.25) is 0 Å². The Bertz CT molecular complexity index is 314. The molecule has 1 aromatic heterocycles. The predicted molar refractivity (Wildman–Crippen MR) is 63.9 cm³/mol. The van der Waals surface area contributed by atoms with Gasteiger partial charge in [0.15, 0.2) is 0 Å². The molecule has 0 bridgehead atoms. The quantitative estimate of drug-likeness (QED) is 0.721. The molecule has 0 aliphatic heterocycles. The molecule has 1 aromatic rings. The fourth-order valence-corrected chi connectivity index (χ4v) is 1.67. The second-order valence-electron chi connectivity index (χ2n) is 4.14. The molecular formula is C13H21NO. The SMILES string of the molecule is C=C(C)CC(NCCC)c1occc1C. The smallest absolute Gasteiger partial charge is 0.123 e. The van der Waals surface area contributed by atoms with Crippen molar-refractivity contribution in [3.05, 3.63) is 35.8 Å². The first-order chi connectivity index (χ1) is 7.15. The molecule has 0 amide bonds. The summed E-state index contributed by atoms with van der Waals surface area (Å²) in [6.45, 7) is 11.3. The molecule has 2 heteroatoms. The van der Waals surface area contributed by atoms with E-state index < -0.39 is 0 Å². The molecule has 1 heterocycles. The summed E-state index contributed by atoms with van der Waals surface area (Å²) < 4.78 is 5.52. The predicted octanol–water partition coefficient (Wildman–Crippen LogP) is 3.59. The van der Waals surface area contributed by atoms with E-state index in [0.717, 1.165) is 25.1 Å². The van der Waals surface area contributed by atoms with Crippen LogP contribution in [0.25, 0.3) is 0 Å². The zero-order valence-corrected chi connectivity index (χ0v) is 9.97. The lowest BCUT2D eigenvalue weighted by atomic mass is 10.0. The van der Waals surface area contributed by atoms with Crippen LogP contribution in [0.3, 0.4) is 0 Å². The molecule has 0 spiro atoms. The van der Waals surface area contributed by atoms with Crippen LogP contribution in [0.5, 0.6) is 0 Å². The highest BCUT2D eigenvalue weighted by atomic mass is 16.3. The highest BCUT2D eigenvalue weighted by Crippen LogP contribution is 2.24. The number of furan rings is 1. The summed E-state index contributed by atoms with van der Waals surface area (Å²) in [5.74, 6) is 1.05.